The van der Waals surface area contributed by atoms with Crippen molar-refractivity contribution >= 4 is 11.8 Å². The molecule has 0 aromatic heterocycles. The molecule has 84 valence electrons. The van der Waals surface area contributed by atoms with Crippen molar-refractivity contribution in [2.75, 3.05) is 6.61 Å². The molecule has 0 aliphatic heterocycles. The molecule has 1 saturated carbocycles. The van der Waals surface area contributed by atoms with Crippen molar-refractivity contribution in [3.05, 3.63) is 10.1 Å². The summed E-state index contributed by atoms with van der Waals surface area (Å²) in [5.41, 5.74) is 0. The lowest BCUT2D eigenvalue weighted by atomic mass is 9.99. The molecule has 1 rings (SSSR count). The lowest BCUT2D eigenvalue weighted by Crippen LogP contribution is -2.35. The normalized spacial score (nSPS) is 24.9. The van der Waals surface area contributed by atoms with Crippen LogP contribution in [-0.4, -0.2) is 29.3 Å². The van der Waals surface area contributed by atoms with Crippen LogP contribution in [0, 0.1) is 16.0 Å². The number of nitrogens with zero attached hydrogens (tertiary/aromatic N) is 1. The molecule has 6 heteroatoms. The van der Waals surface area contributed by atoms with Crippen molar-refractivity contribution in [2.24, 2.45) is 5.92 Å². The Labute approximate surface area is 86.7 Å². The number of Topliss-reactive ketones (excluding diaryl/α,β-unsaturated/α-hetero) is 1. The first-order valence-electron chi connectivity index (χ1n) is 4.92. The molecule has 2 unspecified atom stereocenters. The molecule has 1 aliphatic rings. The van der Waals surface area contributed by atoms with Gasteiger partial charge < -0.3 is 4.74 Å². The number of hydrogen-bond acceptors (Lipinski definition) is 5. The van der Waals surface area contributed by atoms with Crippen molar-refractivity contribution in [3.63, 3.8) is 0 Å². The fourth-order valence-corrected chi connectivity index (χ4v) is 1.85. The summed E-state index contributed by atoms with van der Waals surface area (Å²) in [4.78, 5) is 32.7. The number of rotatable bonds is 4. The van der Waals surface area contributed by atoms with Gasteiger partial charge in [0.1, 0.15) is 0 Å². The van der Waals surface area contributed by atoms with Gasteiger partial charge in [0, 0.05) is 11.3 Å². The summed E-state index contributed by atoms with van der Waals surface area (Å²) >= 11 is 0. The minimum absolute atomic E-state index is 0.112. The second-order valence-corrected chi connectivity index (χ2v) is 3.47. The first-order valence-corrected chi connectivity index (χ1v) is 4.92. The monoisotopic (exact) mass is 215 g/mol. The Morgan fingerprint density at radius 3 is 2.67 bits per heavy atom. The zero-order valence-corrected chi connectivity index (χ0v) is 8.47. The second-order valence-electron chi connectivity index (χ2n) is 3.47. The van der Waals surface area contributed by atoms with Crippen LogP contribution in [0.15, 0.2) is 0 Å². The number of ketones is 1. The van der Waals surface area contributed by atoms with Crippen LogP contribution in [0.3, 0.4) is 0 Å². The van der Waals surface area contributed by atoms with Crippen LogP contribution in [0.2, 0.25) is 0 Å². The molecule has 0 aromatic rings. The minimum Gasteiger partial charge on any atom is -0.460 e. The van der Waals surface area contributed by atoms with Gasteiger partial charge in [-0.05, 0) is 19.8 Å². The molecule has 0 spiro atoms. The quantitative estimate of drug-likeness (QED) is 0.296. The largest absolute Gasteiger partial charge is 0.460 e. The van der Waals surface area contributed by atoms with E-state index in [0.717, 1.165) is 0 Å². The number of carbonyl (C=O) groups is 2. The van der Waals surface area contributed by atoms with E-state index >= 15 is 0 Å². The van der Waals surface area contributed by atoms with E-state index in [1.807, 2.05) is 0 Å². The molecule has 1 fully saturated rings. The fourth-order valence-electron chi connectivity index (χ4n) is 1.85. The van der Waals surface area contributed by atoms with Crippen molar-refractivity contribution in [3.8, 4) is 0 Å². The highest BCUT2D eigenvalue weighted by atomic mass is 16.6. The second kappa shape index (κ2) is 4.86. The zero-order valence-electron chi connectivity index (χ0n) is 8.47. The third-order valence-corrected chi connectivity index (χ3v) is 2.56. The first kappa shape index (κ1) is 11.6. The third kappa shape index (κ3) is 2.51. The first-order chi connectivity index (χ1) is 7.07. The predicted molar refractivity (Wildman–Crippen MR) is 49.8 cm³/mol. The number of hydrogen-bond donors (Lipinski definition) is 0. The van der Waals surface area contributed by atoms with Crippen molar-refractivity contribution in [1.29, 1.82) is 0 Å². The average molecular weight is 215 g/mol. The van der Waals surface area contributed by atoms with E-state index in [1.54, 1.807) is 6.92 Å². The van der Waals surface area contributed by atoms with Gasteiger partial charge in [0.25, 0.3) is 0 Å². The third-order valence-electron chi connectivity index (χ3n) is 2.56. The summed E-state index contributed by atoms with van der Waals surface area (Å²) in [6.45, 7) is 1.70. The standard InChI is InChI=1S/C9H13NO5/c1-2-15-9(12)8(11)6-4-3-5-7(6)10(13)14/h6-7H,2-5H2,1H3. The van der Waals surface area contributed by atoms with Gasteiger partial charge in [0.05, 0.1) is 12.5 Å². The molecular formula is C9H13NO5. The van der Waals surface area contributed by atoms with Crippen LogP contribution in [0.5, 0.6) is 0 Å². The van der Waals surface area contributed by atoms with Crippen LogP contribution in [0.1, 0.15) is 26.2 Å². The summed E-state index contributed by atoms with van der Waals surface area (Å²) in [6, 6.07) is -0.915. The molecule has 2 atom stereocenters. The van der Waals surface area contributed by atoms with E-state index in [1.165, 1.54) is 0 Å². The highest BCUT2D eigenvalue weighted by Crippen LogP contribution is 2.28. The Morgan fingerprint density at radius 2 is 2.13 bits per heavy atom. The number of ether oxygens (including phenoxy) is 1. The van der Waals surface area contributed by atoms with Gasteiger partial charge in [-0.25, -0.2) is 4.79 Å². The van der Waals surface area contributed by atoms with Crippen LogP contribution >= 0.6 is 0 Å². The Hall–Kier alpha value is -1.46. The van der Waals surface area contributed by atoms with E-state index in [-0.39, 0.29) is 6.61 Å². The molecular weight excluding hydrogens is 202 g/mol. The summed E-state index contributed by atoms with van der Waals surface area (Å²) in [5, 5.41) is 10.6. The SMILES string of the molecule is CCOC(=O)C(=O)C1CCCC1[N+](=O)[O-]. The fraction of sp³-hybridized carbons (Fsp3) is 0.778. The molecule has 0 saturated heterocycles. The summed E-state index contributed by atoms with van der Waals surface area (Å²) in [6.07, 6.45) is 1.38. The molecule has 0 aromatic carbocycles. The highest BCUT2D eigenvalue weighted by molar-refractivity contribution is 6.34. The smallest absolute Gasteiger partial charge is 0.375 e. The lowest BCUT2D eigenvalue weighted by molar-refractivity contribution is -0.525. The van der Waals surface area contributed by atoms with E-state index in [4.69, 9.17) is 0 Å². The van der Waals surface area contributed by atoms with Gasteiger partial charge in [-0.3, -0.25) is 14.9 Å². The van der Waals surface area contributed by atoms with E-state index in [9.17, 15) is 19.7 Å². The van der Waals surface area contributed by atoms with Crippen molar-refractivity contribution in [2.45, 2.75) is 32.2 Å². The van der Waals surface area contributed by atoms with Crippen LogP contribution in [0.4, 0.5) is 0 Å². The molecule has 1 aliphatic carbocycles. The summed E-state index contributed by atoms with van der Waals surface area (Å²) in [5.74, 6) is -2.49. The maximum absolute atomic E-state index is 11.5. The van der Waals surface area contributed by atoms with Crippen molar-refractivity contribution < 1.29 is 19.2 Å². The zero-order chi connectivity index (χ0) is 11.4. The Morgan fingerprint density at radius 1 is 1.47 bits per heavy atom. The topological polar surface area (TPSA) is 86.5 Å². The minimum atomic E-state index is -0.948. The number of nitro groups is 1. The van der Waals surface area contributed by atoms with Crippen molar-refractivity contribution in [1.82, 2.24) is 0 Å². The van der Waals surface area contributed by atoms with Crippen LogP contribution < -0.4 is 0 Å². The van der Waals surface area contributed by atoms with E-state index < -0.39 is 28.6 Å². The lowest BCUT2D eigenvalue weighted by Gasteiger charge is -2.10. The predicted octanol–water partition coefficient (Wildman–Crippen LogP) is 0.564. The number of esters is 1. The summed E-state index contributed by atoms with van der Waals surface area (Å²) < 4.78 is 4.53. The molecule has 0 amide bonds. The van der Waals surface area contributed by atoms with Crippen LogP contribution in [-0.2, 0) is 14.3 Å². The molecule has 6 nitrogen and oxygen atoms in total. The van der Waals surface area contributed by atoms with Gasteiger partial charge in [0.2, 0.25) is 11.8 Å². The van der Waals surface area contributed by atoms with E-state index in [2.05, 4.69) is 4.74 Å². The molecule has 0 bridgehead atoms. The number of carbonyl (C=O) groups excluding carboxylic acids is 2. The van der Waals surface area contributed by atoms with Gasteiger partial charge in [-0.1, -0.05) is 0 Å². The Balaban J connectivity index is 2.66. The highest BCUT2D eigenvalue weighted by Gasteiger charge is 2.44. The maximum Gasteiger partial charge on any atom is 0.375 e. The molecule has 0 radical (unpaired) electrons. The molecule has 0 heterocycles. The Kier molecular flexibility index (Phi) is 3.76. The Bertz CT molecular complexity index is 288. The van der Waals surface area contributed by atoms with Gasteiger partial charge in [0.15, 0.2) is 0 Å². The average Bonchev–Trinajstić information content (AvgIpc) is 2.65. The molecule has 15 heavy (non-hydrogen) atoms. The van der Waals surface area contributed by atoms with Gasteiger partial charge in [-0.2, -0.15) is 0 Å². The van der Waals surface area contributed by atoms with Crippen LogP contribution in [0.25, 0.3) is 0 Å². The van der Waals surface area contributed by atoms with Gasteiger partial charge >= 0.3 is 5.97 Å². The maximum atomic E-state index is 11.5. The molecule has 0 N–H and O–H groups in total. The summed E-state index contributed by atoms with van der Waals surface area (Å²) in [7, 11) is 0. The van der Waals surface area contributed by atoms with Gasteiger partial charge in [-0.15, -0.1) is 0 Å². The van der Waals surface area contributed by atoms with E-state index in [0.29, 0.717) is 19.3 Å².